The van der Waals surface area contributed by atoms with Crippen LogP contribution in [0.3, 0.4) is 0 Å². The van der Waals surface area contributed by atoms with Gasteiger partial charge in [0.2, 0.25) is 0 Å². The van der Waals surface area contributed by atoms with E-state index in [1.807, 2.05) is 20.0 Å². The first-order valence-corrected chi connectivity index (χ1v) is 4.61. The van der Waals surface area contributed by atoms with Crippen LogP contribution >= 0.6 is 0 Å². The maximum absolute atomic E-state index is 10.0. The molecule has 13 heavy (non-hydrogen) atoms. The minimum atomic E-state index is 0.661. The number of likely N-dealkylation sites (N-methyl/N-ethyl adjacent to an activating group) is 1. The summed E-state index contributed by atoms with van der Waals surface area (Å²) in [5.41, 5.74) is 1.07. The largest absolute Gasteiger partial charge is 0.303 e. The molecular weight excluding hydrogens is 162 g/mol. The summed E-state index contributed by atoms with van der Waals surface area (Å²) in [5, 5.41) is 0. The predicted molar refractivity (Wildman–Crippen MR) is 56.7 cm³/mol. The molecule has 0 unspecified atom stereocenters. The number of carbonyl (C=O) groups excluding carboxylic acids is 1. The Morgan fingerprint density at radius 1 is 1.54 bits per heavy atom. The first kappa shape index (κ1) is 12.1. The second-order valence-electron chi connectivity index (χ2n) is 3.32. The van der Waals surface area contributed by atoms with E-state index in [0.717, 1.165) is 31.4 Å². The Morgan fingerprint density at radius 2 is 2.23 bits per heavy atom. The van der Waals surface area contributed by atoms with Gasteiger partial charge >= 0.3 is 0 Å². The minimum Gasteiger partial charge on any atom is -0.303 e. The van der Waals surface area contributed by atoms with Gasteiger partial charge < -0.3 is 9.69 Å². The van der Waals surface area contributed by atoms with E-state index in [2.05, 4.69) is 17.6 Å². The molecule has 0 aliphatic rings. The number of carbonyl (C=O) groups is 1. The number of hydrogen-bond donors (Lipinski definition) is 0. The first-order chi connectivity index (χ1) is 6.16. The van der Waals surface area contributed by atoms with Crippen LogP contribution in [-0.2, 0) is 4.79 Å². The summed E-state index contributed by atoms with van der Waals surface area (Å²) in [5.74, 6) is 0. The molecule has 0 aromatic rings. The van der Waals surface area contributed by atoms with Gasteiger partial charge in [-0.1, -0.05) is 24.3 Å². The molecule has 0 rings (SSSR count). The van der Waals surface area contributed by atoms with Gasteiger partial charge in [-0.15, -0.1) is 0 Å². The summed E-state index contributed by atoms with van der Waals surface area (Å²) in [6, 6.07) is 0. The van der Waals surface area contributed by atoms with Crippen molar-refractivity contribution in [3.8, 4) is 0 Å². The van der Waals surface area contributed by atoms with Crippen molar-refractivity contribution < 1.29 is 4.79 Å². The molecule has 0 radical (unpaired) electrons. The Bertz CT molecular complexity index is 185. The summed E-state index contributed by atoms with van der Waals surface area (Å²) in [7, 11) is 2.05. The summed E-state index contributed by atoms with van der Waals surface area (Å²) < 4.78 is 0. The Hall–Kier alpha value is -0.890. The molecule has 0 aliphatic carbocycles. The highest BCUT2D eigenvalue weighted by Crippen LogP contribution is 1.93. The zero-order valence-corrected chi connectivity index (χ0v) is 8.62. The lowest BCUT2D eigenvalue weighted by Crippen LogP contribution is -2.19. The van der Waals surface area contributed by atoms with Gasteiger partial charge in [-0.3, -0.25) is 0 Å². The van der Waals surface area contributed by atoms with E-state index >= 15 is 0 Å². The van der Waals surface area contributed by atoms with Crippen molar-refractivity contribution in [2.75, 3.05) is 20.1 Å². The molecule has 2 nitrogen and oxygen atoms in total. The van der Waals surface area contributed by atoms with Crippen LogP contribution in [0.5, 0.6) is 0 Å². The number of aldehydes is 1. The lowest BCUT2D eigenvalue weighted by molar-refractivity contribution is -0.107. The van der Waals surface area contributed by atoms with Crippen LogP contribution in [0, 0.1) is 0 Å². The van der Waals surface area contributed by atoms with E-state index in [1.54, 1.807) is 0 Å². The number of rotatable bonds is 7. The SMILES string of the molecule is C=C(C)/C=C/CN(C)CCCC=O. The molecule has 0 heterocycles. The lowest BCUT2D eigenvalue weighted by Gasteiger charge is -2.12. The minimum absolute atomic E-state index is 0.661. The molecule has 0 spiro atoms. The van der Waals surface area contributed by atoms with Crippen molar-refractivity contribution in [2.24, 2.45) is 0 Å². The Kier molecular flexibility index (Phi) is 7.21. The predicted octanol–water partition coefficient (Wildman–Crippen LogP) is 2.03. The van der Waals surface area contributed by atoms with Crippen molar-refractivity contribution in [2.45, 2.75) is 19.8 Å². The van der Waals surface area contributed by atoms with Gasteiger partial charge in [0.1, 0.15) is 6.29 Å². The van der Waals surface area contributed by atoms with Crippen molar-refractivity contribution in [3.05, 3.63) is 24.3 Å². The van der Waals surface area contributed by atoms with Crippen LogP contribution in [0.2, 0.25) is 0 Å². The molecule has 2 heteroatoms. The van der Waals surface area contributed by atoms with E-state index in [1.165, 1.54) is 0 Å². The number of hydrogen-bond acceptors (Lipinski definition) is 2. The van der Waals surface area contributed by atoms with Gasteiger partial charge in [0.05, 0.1) is 0 Å². The van der Waals surface area contributed by atoms with Gasteiger partial charge in [-0.25, -0.2) is 0 Å². The van der Waals surface area contributed by atoms with E-state index in [-0.39, 0.29) is 0 Å². The molecule has 0 aliphatic heterocycles. The summed E-state index contributed by atoms with van der Waals surface area (Å²) >= 11 is 0. The fourth-order valence-corrected chi connectivity index (χ4v) is 0.970. The van der Waals surface area contributed by atoms with Crippen LogP contribution < -0.4 is 0 Å². The Morgan fingerprint density at radius 3 is 2.77 bits per heavy atom. The first-order valence-electron chi connectivity index (χ1n) is 4.61. The highest BCUT2D eigenvalue weighted by Gasteiger charge is 1.93. The second-order valence-corrected chi connectivity index (χ2v) is 3.32. The molecule has 0 saturated carbocycles. The average Bonchev–Trinajstić information content (AvgIpc) is 2.04. The fraction of sp³-hybridized carbons (Fsp3) is 0.545. The normalized spacial score (nSPS) is 11.0. The van der Waals surface area contributed by atoms with Crippen LogP contribution in [0.15, 0.2) is 24.3 Å². The maximum Gasteiger partial charge on any atom is 0.120 e. The Labute approximate surface area is 80.9 Å². The summed E-state index contributed by atoms with van der Waals surface area (Å²) in [6.45, 7) is 7.64. The monoisotopic (exact) mass is 181 g/mol. The van der Waals surface area contributed by atoms with Crippen molar-refractivity contribution >= 4 is 6.29 Å². The van der Waals surface area contributed by atoms with Gasteiger partial charge in [0, 0.05) is 13.0 Å². The van der Waals surface area contributed by atoms with Gasteiger partial charge in [-0.2, -0.15) is 0 Å². The molecule has 0 saturated heterocycles. The van der Waals surface area contributed by atoms with Gasteiger partial charge in [0.25, 0.3) is 0 Å². The average molecular weight is 181 g/mol. The summed E-state index contributed by atoms with van der Waals surface area (Å²) in [6.07, 6.45) is 6.67. The third kappa shape index (κ3) is 9.02. The van der Waals surface area contributed by atoms with Crippen LogP contribution in [-0.4, -0.2) is 31.3 Å². The van der Waals surface area contributed by atoms with Gasteiger partial charge in [0.15, 0.2) is 0 Å². The molecule has 0 fully saturated rings. The third-order valence-electron chi connectivity index (χ3n) is 1.68. The topological polar surface area (TPSA) is 20.3 Å². The maximum atomic E-state index is 10.0. The van der Waals surface area contributed by atoms with Crippen LogP contribution in [0.1, 0.15) is 19.8 Å². The molecule has 0 aromatic carbocycles. The standard InChI is InChI=1S/C11H19NO/c1-11(2)7-6-9-12(3)8-4-5-10-13/h6-7,10H,1,4-5,8-9H2,2-3H3/b7-6+. The molecule has 0 atom stereocenters. The van der Waals surface area contributed by atoms with Crippen LogP contribution in [0.25, 0.3) is 0 Å². The van der Waals surface area contributed by atoms with Gasteiger partial charge in [-0.05, 0) is 26.9 Å². The number of unbranched alkanes of at least 4 members (excludes halogenated alkanes) is 1. The molecule has 0 aromatic heterocycles. The highest BCUT2D eigenvalue weighted by molar-refractivity contribution is 5.48. The number of allylic oxidation sites excluding steroid dienone is 2. The zero-order chi connectivity index (χ0) is 10.1. The second kappa shape index (κ2) is 7.74. The van der Waals surface area contributed by atoms with E-state index in [0.29, 0.717) is 6.42 Å². The quantitative estimate of drug-likeness (QED) is 0.340. The van der Waals surface area contributed by atoms with Crippen molar-refractivity contribution in [3.63, 3.8) is 0 Å². The van der Waals surface area contributed by atoms with Crippen LogP contribution in [0.4, 0.5) is 0 Å². The number of nitrogens with zero attached hydrogens (tertiary/aromatic N) is 1. The van der Waals surface area contributed by atoms with E-state index in [9.17, 15) is 4.79 Å². The third-order valence-corrected chi connectivity index (χ3v) is 1.68. The molecule has 0 bridgehead atoms. The lowest BCUT2D eigenvalue weighted by atomic mass is 10.3. The van der Waals surface area contributed by atoms with E-state index < -0.39 is 0 Å². The summed E-state index contributed by atoms with van der Waals surface area (Å²) in [4.78, 5) is 12.2. The Balaban J connectivity index is 3.44. The highest BCUT2D eigenvalue weighted by atomic mass is 16.1. The van der Waals surface area contributed by atoms with Crippen molar-refractivity contribution in [1.82, 2.24) is 4.90 Å². The molecule has 74 valence electrons. The molecular formula is C11H19NO. The van der Waals surface area contributed by atoms with Crippen molar-refractivity contribution in [1.29, 1.82) is 0 Å². The zero-order valence-electron chi connectivity index (χ0n) is 8.62. The smallest absolute Gasteiger partial charge is 0.120 e. The molecule has 0 amide bonds. The van der Waals surface area contributed by atoms with E-state index in [4.69, 9.17) is 0 Å². The molecule has 0 N–H and O–H groups in total. The fourth-order valence-electron chi connectivity index (χ4n) is 0.970.